The van der Waals surface area contributed by atoms with Gasteiger partial charge in [-0.05, 0) is 12.8 Å². The van der Waals surface area contributed by atoms with Gasteiger partial charge in [0.25, 0.3) is 0 Å². The minimum atomic E-state index is -0.232. The van der Waals surface area contributed by atoms with Gasteiger partial charge in [-0.25, -0.2) is 0 Å². The van der Waals surface area contributed by atoms with Crippen LogP contribution >= 0.6 is 0 Å². The molecule has 0 fully saturated rings. The molecule has 0 aromatic heterocycles. The molecule has 0 heterocycles. The van der Waals surface area contributed by atoms with Crippen LogP contribution in [0.4, 0.5) is 0 Å². The van der Waals surface area contributed by atoms with Crippen molar-refractivity contribution in [2.24, 2.45) is 11.7 Å². The summed E-state index contributed by atoms with van der Waals surface area (Å²) in [5.41, 5.74) is 5.04. The number of nitrogens with one attached hydrogen (secondary N) is 1. The molecule has 0 rings (SSSR count). The third kappa shape index (κ3) is 5.64. The molecule has 0 aromatic rings. The molecule has 3 nitrogen and oxygen atoms in total. The fourth-order valence-electron chi connectivity index (χ4n) is 1.59. The summed E-state index contributed by atoms with van der Waals surface area (Å²) in [6, 6.07) is 0.481. The second-order valence-electron chi connectivity index (χ2n) is 3.54. The Kier molecular flexibility index (Phi) is 6.59. The van der Waals surface area contributed by atoms with Crippen LogP contribution in [0.2, 0.25) is 0 Å². The van der Waals surface area contributed by atoms with E-state index in [9.17, 15) is 4.79 Å². The molecule has 0 saturated carbocycles. The second kappa shape index (κ2) is 6.89. The minimum Gasteiger partial charge on any atom is -0.370 e. The standard InChI is InChI=1S/C10H22N2O/c1-4-9(5-2)8(3)12-7-6-10(11)13/h8-9,12H,4-7H2,1-3H3,(H2,11,13). The number of primary amides is 1. The van der Waals surface area contributed by atoms with E-state index in [1.54, 1.807) is 0 Å². The van der Waals surface area contributed by atoms with Gasteiger partial charge in [-0.2, -0.15) is 0 Å². The van der Waals surface area contributed by atoms with Crippen LogP contribution in [0.3, 0.4) is 0 Å². The molecule has 0 radical (unpaired) electrons. The van der Waals surface area contributed by atoms with E-state index >= 15 is 0 Å². The molecular formula is C10H22N2O. The lowest BCUT2D eigenvalue weighted by atomic mass is 9.95. The van der Waals surface area contributed by atoms with Crippen molar-refractivity contribution in [2.75, 3.05) is 6.54 Å². The highest BCUT2D eigenvalue weighted by Gasteiger charge is 2.12. The Morgan fingerprint density at radius 3 is 2.31 bits per heavy atom. The van der Waals surface area contributed by atoms with E-state index in [1.165, 1.54) is 12.8 Å². The first-order valence-electron chi connectivity index (χ1n) is 5.13. The molecule has 0 aromatic carbocycles. The van der Waals surface area contributed by atoms with E-state index in [2.05, 4.69) is 26.1 Å². The van der Waals surface area contributed by atoms with E-state index < -0.39 is 0 Å². The molecule has 1 unspecified atom stereocenters. The minimum absolute atomic E-state index is 0.232. The van der Waals surface area contributed by atoms with Crippen LogP contribution in [0.15, 0.2) is 0 Å². The van der Waals surface area contributed by atoms with Crippen LogP contribution in [0.25, 0.3) is 0 Å². The first kappa shape index (κ1) is 12.4. The predicted octanol–water partition coefficient (Wildman–Crippen LogP) is 1.28. The zero-order valence-corrected chi connectivity index (χ0v) is 8.97. The van der Waals surface area contributed by atoms with Crippen molar-refractivity contribution in [3.05, 3.63) is 0 Å². The van der Waals surface area contributed by atoms with Crippen LogP contribution in [0.1, 0.15) is 40.0 Å². The van der Waals surface area contributed by atoms with E-state index in [0.717, 1.165) is 0 Å². The quantitative estimate of drug-likeness (QED) is 0.629. The van der Waals surface area contributed by atoms with Crippen molar-refractivity contribution in [3.8, 4) is 0 Å². The maximum absolute atomic E-state index is 10.5. The fourth-order valence-corrected chi connectivity index (χ4v) is 1.59. The van der Waals surface area contributed by atoms with Crippen LogP contribution < -0.4 is 11.1 Å². The van der Waals surface area contributed by atoms with Gasteiger partial charge in [-0.15, -0.1) is 0 Å². The fraction of sp³-hybridized carbons (Fsp3) is 0.900. The smallest absolute Gasteiger partial charge is 0.218 e. The Hall–Kier alpha value is -0.570. The summed E-state index contributed by atoms with van der Waals surface area (Å²) in [4.78, 5) is 10.5. The molecule has 13 heavy (non-hydrogen) atoms. The number of carbonyl (C=O) groups excluding carboxylic acids is 1. The Labute approximate surface area is 81.1 Å². The van der Waals surface area contributed by atoms with Crippen molar-refractivity contribution >= 4 is 5.91 Å². The molecule has 0 bridgehead atoms. The summed E-state index contributed by atoms with van der Waals surface area (Å²) in [6.07, 6.45) is 2.80. The van der Waals surface area contributed by atoms with Crippen LogP contribution in [0, 0.1) is 5.92 Å². The zero-order valence-electron chi connectivity index (χ0n) is 8.97. The van der Waals surface area contributed by atoms with Gasteiger partial charge in [0.1, 0.15) is 0 Å². The highest BCUT2D eigenvalue weighted by Crippen LogP contribution is 2.12. The van der Waals surface area contributed by atoms with E-state index in [0.29, 0.717) is 24.9 Å². The van der Waals surface area contributed by atoms with Crippen molar-refractivity contribution in [1.29, 1.82) is 0 Å². The summed E-state index contributed by atoms with van der Waals surface area (Å²) >= 11 is 0. The average Bonchev–Trinajstić information content (AvgIpc) is 2.05. The molecule has 0 aliphatic heterocycles. The highest BCUT2D eigenvalue weighted by atomic mass is 16.1. The van der Waals surface area contributed by atoms with Gasteiger partial charge >= 0.3 is 0 Å². The summed E-state index contributed by atoms with van der Waals surface area (Å²) in [7, 11) is 0. The third-order valence-electron chi connectivity index (χ3n) is 2.59. The van der Waals surface area contributed by atoms with Gasteiger partial charge in [0, 0.05) is 19.0 Å². The maximum atomic E-state index is 10.5. The van der Waals surface area contributed by atoms with Crippen molar-refractivity contribution in [3.63, 3.8) is 0 Å². The van der Waals surface area contributed by atoms with Crippen molar-refractivity contribution in [1.82, 2.24) is 5.32 Å². The summed E-state index contributed by atoms with van der Waals surface area (Å²) in [5, 5.41) is 3.32. The predicted molar refractivity (Wildman–Crippen MR) is 55.3 cm³/mol. The lowest BCUT2D eigenvalue weighted by molar-refractivity contribution is -0.117. The van der Waals surface area contributed by atoms with Crippen LogP contribution in [-0.2, 0) is 4.79 Å². The number of amides is 1. The lowest BCUT2D eigenvalue weighted by Gasteiger charge is -2.22. The first-order chi connectivity index (χ1) is 6.11. The molecule has 0 saturated heterocycles. The Morgan fingerprint density at radius 2 is 1.92 bits per heavy atom. The highest BCUT2D eigenvalue weighted by molar-refractivity contribution is 5.73. The molecule has 1 amide bonds. The zero-order chi connectivity index (χ0) is 10.3. The topological polar surface area (TPSA) is 55.1 Å². The molecule has 3 N–H and O–H groups in total. The number of nitrogens with two attached hydrogens (primary N) is 1. The molecule has 0 aliphatic rings. The van der Waals surface area contributed by atoms with E-state index in [4.69, 9.17) is 5.73 Å². The summed E-state index contributed by atoms with van der Waals surface area (Å²) in [6.45, 7) is 7.26. The Balaban J connectivity index is 3.59. The largest absolute Gasteiger partial charge is 0.370 e. The summed E-state index contributed by atoms with van der Waals surface area (Å²) in [5.74, 6) is 0.470. The second-order valence-corrected chi connectivity index (χ2v) is 3.54. The number of hydrogen-bond acceptors (Lipinski definition) is 2. The van der Waals surface area contributed by atoms with Gasteiger partial charge in [-0.1, -0.05) is 26.7 Å². The van der Waals surface area contributed by atoms with Gasteiger partial charge in [0.15, 0.2) is 0 Å². The number of rotatable bonds is 7. The number of carbonyl (C=O) groups is 1. The molecule has 0 spiro atoms. The lowest BCUT2D eigenvalue weighted by Crippen LogP contribution is -2.35. The maximum Gasteiger partial charge on any atom is 0.218 e. The van der Waals surface area contributed by atoms with E-state index in [1.807, 2.05) is 0 Å². The normalized spacial score (nSPS) is 13.2. The van der Waals surface area contributed by atoms with Crippen LogP contribution in [-0.4, -0.2) is 18.5 Å². The van der Waals surface area contributed by atoms with Crippen LogP contribution in [0.5, 0.6) is 0 Å². The van der Waals surface area contributed by atoms with Gasteiger partial charge < -0.3 is 11.1 Å². The molecule has 1 atom stereocenters. The molecular weight excluding hydrogens is 164 g/mol. The number of hydrogen-bond donors (Lipinski definition) is 2. The summed E-state index contributed by atoms with van der Waals surface area (Å²) < 4.78 is 0. The van der Waals surface area contributed by atoms with E-state index in [-0.39, 0.29) is 5.91 Å². The monoisotopic (exact) mass is 186 g/mol. The van der Waals surface area contributed by atoms with Crippen molar-refractivity contribution in [2.45, 2.75) is 46.1 Å². The SMILES string of the molecule is CCC(CC)C(C)NCCC(N)=O. The molecule has 0 aliphatic carbocycles. The Morgan fingerprint density at radius 1 is 1.38 bits per heavy atom. The van der Waals surface area contributed by atoms with Crippen molar-refractivity contribution < 1.29 is 4.79 Å². The van der Waals surface area contributed by atoms with Gasteiger partial charge in [0.05, 0.1) is 0 Å². The third-order valence-corrected chi connectivity index (χ3v) is 2.59. The molecule has 78 valence electrons. The van der Waals surface area contributed by atoms with Gasteiger partial charge in [-0.3, -0.25) is 4.79 Å². The first-order valence-corrected chi connectivity index (χ1v) is 5.13. The average molecular weight is 186 g/mol. The van der Waals surface area contributed by atoms with Gasteiger partial charge in [0.2, 0.25) is 5.91 Å². The Bertz CT molecular complexity index is 144. The molecule has 3 heteroatoms.